The Labute approximate surface area is 86.3 Å². The SMILES string of the molecule is C=C(C(=O)OC1CCCCC1)C(C)C. The summed E-state index contributed by atoms with van der Waals surface area (Å²) in [7, 11) is 0. The Bertz CT molecular complexity index is 212. The molecule has 1 aliphatic carbocycles. The topological polar surface area (TPSA) is 26.3 Å². The van der Waals surface area contributed by atoms with Gasteiger partial charge in [0.1, 0.15) is 6.10 Å². The molecule has 1 saturated carbocycles. The number of carbonyl (C=O) groups excluding carboxylic acids is 1. The third-order valence-electron chi connectivity index (χ3n) is 2.79. The summed E-state index contributed by atoms with van der Waals surface area (Å²) < 4.78 is 5.38. The fraction of sp³-hybridized carbons (Fsp3) is 0.750. The Morgan fingerprint density at radius 2 is 1.86 bits per heavy atom. The monoisotopic (exact) mass is 196 g/mol. The number of hydrogen-bond donors (Lipinski definition) is 0. The minimum absolute atomic E-state index is 0.145. The molecule has 0 aliphatic heterocycles. The first-order valence-corrected chi connectivity index (χ1v) is 5.51. The summed E-state index contributed by atoms with van der Waals surface area (Å²) in [5.41, 5.74) is 0.593. The van der Waals surface area contributed by atoms with Gasteiger partial charge in [0, 0.05) is 5.57 Å². The van der Waals surface area contributed by atoms with Crippen molar-refractivity contribution in [3.05, 3.63) is 12.2 Å². The molecule has 0 atom stereocenters. The van der Waals surface area contributed by atoms with E-state index in [1.807, 2.05) is 13.8 Å². The highest BCUT2D eigenvalue weighted by atomic mass is 16.5. The van der Waals surface area contributed by atoms with Crippen molar-refractivity contribution in [1.82, 2.24) is 0 Å². The van der Waals surface area contributed by atoms with E-state index in [1.54, 1.807) is 0 Å². The lowest BCUT2D eigenvalue weighted by molar-refractivity contribution is -0.146. The highest BCUT2D eigenvalue weighted by molar-refractivity contribution is 5.88. The van der Waals surface area contributed by atoms with Crippen LogP contribution in [0.3, 0.4) is 0 Å². The van der Waals surface area contributed by atoms with Crippen molar-refractivity contribution in [3.63, 3.8) is 0 Å². The number of ether oxygens (including phenoxy) is 1. The first kappa shape index (κ1) is 11.3. The van der Waals surface area contributed by atoms with E-state index in [9.17, 15) is 4.79 Å². The molecule has 0 aromatic carbocycles. The van der Waals surface area contributed by atoms with E-state index < -0.39 is 0 Å². The van der Waals surface area contributed by atoms with Crippen LogP contribution in [0.2, 0.25) is 0 Å². The molecular formula is C12H20O2. The molecule has 1 aliphatic rings. The van der Waals surface area contributed by atoms with Crippen LogP contribution in [0, 0.1) is 5.92 Å². The number of hydrogen-bond acceptors (Lipinski definition) is 2. The zero-order valence-electron chi connectivity index (χ0n) is 9.21. The first-order valence-electron chi connectivity index (χ1n) is 5.51. The predicted molar refractivity (Wildman–Crippen MR) is 56.9 cm³/mol. The Morgan fingerprint density at radius 1 is 1.29 bits per heavy atom. The maximum absolute atomic E-state index is 11.5. The zero-order chi connectivity index (χ0) is 10.6. The maximum Gasteiger partial charge on any atom is 0.333 e. The van der Waals surface area contributed by atoms with Gasteiger partial charge < -0.3 is 4.74 Å². The van der Waals surface area contributed by atoms with Gasteiger partial charge in [0.2, 0.25) is 0 Å². The Morgan fingerprint density at radius 3 is 2.36 bits per heavy atom. The molecule has 0 saturated heterocycles. The van der Waals surface area contributed by atoms with Gasteiger partial charge >= 0.3 is 5.97 Å². The van der Waals surface area contributed by atoms with E-state index in [1.165, 1.54) is 19.3 Å². The van der Waals surface area contributed by atoms with Gasteiger partial charge in [-0.1, -0.05) is 26.8 Å². The normalized spacial score (nSPS) is 18.2. The van der Waals surface area contributed by atoms with E-state index in [2.05, 4.69) is 6.58 Å². The summed E-state index contributed by atoms with van der Waals surface area (Å²) >= 11 is 0. The maximum atomic E-state index is 11.5. The van der Waals surface area contributed by atoms with Crippen LogP contribution in [0.5, 0.6) is 0 Å². The molecule has 0 aromatic heterocycles. The van der Waals surface area contributed by atoms with Gasteiger partial charge in [-0.3, -0.25) is 0 Å². The zero-order valence-corrected chi connectivity index (χ0v) is 9.21. The molecule has 0 unspecified atom stereocenters. The molecule has 14 heavy (non-hydrogen) atoms. The largest absolute Gasteiger partial charge is 0.459 e. The van der Waals surface area contributed by atoms with Crippen LogP contribution in [-0.4, -0.2) is 12.1 Å². The summed E-state index contributed by atoms with van der Waals surface area (Å²) in [6.07, 6.45) is 5.85. The molecule has 0 radical (unpaired) electrons. The first-order chi connectivity index (χ1) is 6.61. The van der Waals surface area contributed by atoms with Crippen LogP contribution in [-0.2, 0) is 9.53 Å². The molecule has 0 heterocycles. The fourth-order valence-electron chi connectivity index (χ4n) is 1.65. The third kappa shape index (κ3) is 3.17. The van der Waals surface area contributed by atoms with Gasteiger partial charge in [0.25, 0.3) is 0 Å². The van der Waals surface area contributed by atoms with Gasteiger partial charge in [-0.25, -0.2) is 4.79 Å². The minimum Gasteiger partial charge on any atom is -0.459 e. The number of carbonyl (C=O) groups is 1. The van der Waals surface area contributed by atoms with Gasteiger partial charge in [-0.2, -0.15) is 0 Å². The summed E-state index contributed by atoms with van der Waals surface area (Å²) in [4.78, 5) is 11.5. The smallest absolute Gasteiger partial charge is 0.333 e. The Balaban J connectivity index is 2.35. The van der Waals surface area contributed by atoms with E-state index >= 15 is 0 Å². The van der Waals surface area contributed by atoms with Crippen LogP contribution < -0.4 is 0 Å². The lowest BCUT2D eigenvalue weighted by Crippen LogP contribution is -2.22. The molecular weight excluding hydrogens is 176 g/mol. The Kier molecular flexibility index (Phi) is 4.18. The molecule has 2 nitrogen and oxygen atoms in total. The second kappa shape index (κ2) is 5.18. The van der Waals surface area contributed by atoms with Crippen molar-refractivity contribution in [2.24, 2.45) is 5.92 Å². The summed E-state index contributed by atoms with van der Waals surface area (Å²) in [5.74, 6) is -0.0157. The van der Waals surface area contributed by atoms with Crippen LogP contribution in [0.1, 0.15) is 46.0 Å². The van der Waals surface area contributed by atoms with Crippen molar-refractivity contribution in [1.29, 1.82) is 0 Å². The third-order valence-corrected chi connectivity index (χ3v) is 2.79. The van der Waals surface area contributed by atoms with Gasteiger partial charge in [-0.05, 0) is 31.6 Å². The highest BCUT2D eigenvalue weighted by Gasteiger charge is 2.20. The van der Waals surface area contributed by atoms with Crippen LogP contribution in [0.15, 0.2) is 12.2 Å². The standard InChI is InChI=1S/C12H20O2/c1-9(2)10(3)12(13)14-11-7-5-4-6-8-11/h9,11H,3-8H2,1-2H3. The Hall–Kier alpha value is -0.790. The molecule has 1 rings (SSSR count). The van der Waals surface area contributed by atoms with Crippen LogP contribution in [0.25, 0.3) is 0 Å². The second-order valence-electron chi connectivity index (χ2n) is 4.35. The second-order valence-corrected chi connectivity index (χ2v) is 4.35. The molecule has 80 valence electrons. The molecule has 0 amide bonds. The van der Waals surface area contributed by atoms with Crippen LogP contribution >= 0.6 is 0 Å². The predicted octanol–water partition coefficient (Wildman–Crippen LogP) is 3.07. The van der Waals surface area contributed by atoms with Crippen molar-refractivity contribution in [2.45, 2.75) is 52.1 Å². The lowest BCUT2D eigenvalue weighted by atomic mass is 9.97. The quantitative estimate of drug-likeness (QED) is 0.512. The molecule has 0 aromatic rings. The van der Waals surface area contributed by atoms with Gasteiger partial charge in [0.15, 0.2) is 0 Å². The van der Waals surface area contributed by atoms with Crippen molar-refractivity contribution >= 4 is 5.97 Å². The number of rotatable bonds is 3. The van der Waals surface area contributed by atoms with E-state index in [0.29, 0.717) is 5.57 Å². The highest BCUT2D eigenvalue weighted by Crippen LogP contribution is 2.22. The lowest BCUT2D eigenvalue weighted by Gasteiger charge is -2.22. The van der Waals surface area contributed by atoms with E-state index in [-0.39, 0.29) is 18.0 Å². The van der Waals surface area contributed by atoms with E-state index in [4.69, 9.17) is 4.74 Å². The molecule has 0 N–H and O–H groups in total. The summed E-state index contributed by atoms with van der Waals surface area (Å²) in [6.45, 7) is 7.67. The number of esters is 1. The van der Waals surface area contributed by atoms with Gasteiger partial charge in [0.05, 0.1) is 0 Å². The van der Waals surface area contributed by atoms with E-state index in [0.717, 1.165) is 12.8 Å². The molecule has 2 heteroatoms. The average molecular weight is 196 g/mol. The fourth-order valence-corrected chi connectivity index (χ4v) is 1.65. The van der Waals surface area contributed by atoms with Crippen LogP contribution in [0.4, 0.5) is 0 Å². The summed E-state index contributed by atoms with van der Waals surface area (Å²) in [5, 5.41) is 0. The summed E-state index contributed by atoms with van der Waals surface area (Å²) in [6, 6.07) is 0. The van der Waals surface area contributed by atoms with Crippen molar-refractivity contribution < 1.29 is 9.53 Å². The van der Waals surface area contributed by atoms with Gasteiger partial charge in [-0.15, -0.1) is 0 Å². The molecule has 0 spiro atoms. The molecule has 0 bridgehead atoms. The average Bonchev–Trinajstić information content (AvgIpc) is 2.18. The van der Waals surface area contributed by atoms with Crippen molar-refractivity contribution in [3.8, 4) is 0 Å². The molecule has 1 fully saturated rings. The minimum atomic E-state index is -0.202. The van der Waals surface area contributed by atoms with Crippen molar-refractivity contribution in [2.75, 3.05) is 0 Å².